The molecule has 9 nitrogen and oxygen atoms in total. The van der Waals surface area contributed by atoms with Gasteiger partial charge >= 0.3 is 6.18 Å². The standard InChI is InChI=1S/C29H23F4N7O2/c1-14(2)37-28-36-13-18-11-20(25(41)23(24(18)39-28)17-6-7-22(30)35-12-17)19-10-16(5-4-15(19)3)26(42)40-27-34-9-8-21(38-27)29(31,32)33/h4-14,41H,1-3H3,(H,36,37,39)(H,34,38,40,42). The summed E-state index contributed by atoms with van der Waals surface area (Å²) in [6, 6.07) is 9.61. The van der Waals surface area contributed by atoms with Crippen LogP contribution < -0.4 is 10.6 Å². The minimum Gasteiger partial charge on any atom is -0.507 e. The van der Waals surface area contributed by atoms with E-state index in [1.165, 1.54) is 24.4 Å². The Bertz CT molecular complexity index is 1810. The van der Waals surface area contributed by atoms with Crippen LogP contribution in [0.4, 0.5) is 29.5 Å². The fourth-order valence-electron chi connectivity index (χ4n) is 4.30. The first-order chi connectivity index (χ1) is 19.9. The number of hydrogen-bond acceptors (Lipinski definition) is 8. The van der Waals surface area contributed by atoms with Gasteiger partial charge in [-0.15, -0.1) is 0 Å². The number of amides is 1. The second kappa shape index (κ2) is 11.0. The second-order valence-corrected chi connectivity index (χ2v) is 9.69. The maximum absolute atomic E-state index is 13.7. The van der Waals surface area contributed by atoms with E-state index in [1.807, 2.05) is 13.8 Å². The van der Waals surface area contributed by atoms with Gasteiger partial charge in [-0.3, -0.25) is 10.1 Å². The molecule has 0 saturated carbocycles. The normalized spacial score (nSPS) is 11.6. The molecule has 214 valence electrons. The number of carbonyl (C=O) groups is 1. The Morgan fingerprint density at radius 3 is 2.40 bits per heavy atom. The number of pyridine rings is 1. The highest BCUT2D eigenvalue weighted by Gasteiger charge is 2.33. The summed E-state index contributed by atoms with van der Waals surface area (Å²) in [7, 11) is 0. The molecule has 0 atom stereocenters. The van der Waals surface area contributed by atoms with E-state index in [-0.39, 0.29) is 22.9 Å². The molecule has 5 aromatic rings. The van der Waals surface area contributed by atoms with Gasteiger partial charge in [0.1, 0.15) is 11.4 Å². The number of aromatic hydroxyl groups is 1. The lowest BCUT2D eigenvalue weighted by Gasteiger charge is -2.17. The number of nitrogens with zero attached hydrogens (tertiary/aromatic N) is 5. The molecule has 5 rings (SSSR count). The van der Waals surface area contributed by atoms with Crippen molar-refractivity contribution in [2.24, 2.45) is 0 Å². The molecule has 0 spiro atoms. The van der Waals surface area contributed by atoms with Crippen LogP contribution in [0.2, 0.25) is 0 Å². The topological polar surface area (TPSA) is 126 Å². The van der Waals surface area contributed by atoms with Crippen molar-refractivity contribution in [2.45, 2.75) is 33.0 Å². The molecule has 2 aromatic carbocycles. The molecule has 0 bridgehead atoms. The number of fused-ring (bicyclic) bond motifs is 1. The van der Waals surface area contributed by atoms with E-state index >= 15 is 0 Å². The number of halogens is 4. The third-order valence-corrected chi connectivity index (χ3v) is 6.24. The summed E-state index contributed by atoms with van der Waals surface area (Å²) in [5, 5.41) is 17.5. The number of alkyl halides is 3. The van der Waals surface area contributed by atoms with Crippen molar-refractivity contribution >= 4 is 28.7 Å². The summed E-state index contributed by atoms with van der Waals surface area (Å²) in [5.41, 5.74) is 1.38. The van der Waals surface area contributed by atoms with Crippen LogP contribution in [0.3, 0.4) is 0 Å². The van der Waals surface area contributed by atoms with Crippen LogP contribution in [0.5, 0.6) is 5.75 Å². The Labute approximate surface area is 236 Å². The predicted octanol–water partition coefficient (Wildman–Crippen LogP) is 6.39. The average molecular weight is 578 g/mol. The number of phenols is 1. The minimum atomic E-state index is -4.71. The number of benzene rings is 2. The number of hydrogen-bond donors (Lipinski definition) is 3. The molecule has 0 aliphatic heterocycles. The van der Waals surface area contributed by atoms with Crippen molar-refractivity contribution in [3.63, 3.8) is 0 Å². The number of carbonyl (C=O) groups excluding carboxylic acids is 1. The molecule has 3 N–H and O–H groups in total. The first-order valence-corrected chi connectivity index (χ1v) is 12.6. The highest BCUT2D eigenvalue weighted by Crippen LogP contribution is 2.44. The van der Waals surface area contributed by atoms with Gasteiger partial charge in [-0.1, -0.05) is 6.07 Å². The number of nitrogens with one attached hydrogen (secondary N) is 2. The van der Waals surface area contributed by atoms with Crippen LogP contribution in [0.15, 0.2) is 61.1 Å². The summed E-state index contributed by atoms with van der Waals surface area (Å²) in [4.78, 5) is 32.8. The number of rotatable bonds is 6. The number of anilines is 2. The van der Waals surface area contributed by atoms with Crippen molar-refractivity contribution in [3.8, 4) is 28.0 Å². The number of aromatic nitrogens is 5. The quantitative estimate of drug-likeness (QED) is 0.157. The predicted molar refractivity (Wildman–Crippen MR) is 148 cm³/mol. The van der Waals surface area contributed by atoms with Crippen LogP contribution in [0, 0.1) is 12.9 Å². The molecule has 0 fully saturated rings. The average Bonchev–Trinajstić information content (AvgIpc) is 2.93. The summed E-state index contributed by atoms with van der Waals surface area (Å²) < 4.78 is 52.8. The Morgan fingerprint density at radius 1 is 0.929 bits per heavy atom. The Hall–Kier alpha value is -5.20. The molecule has 1 amide bonds. The van der Waals surface area contributed by atoms with Gasteiger partial charge in [-0.25, -0.2) is 24.9 Å². The zero-order valence-corrected chi connectivity index (χ0v) is 22.5. The fourth-order valence-corrected chi connectivity index (χ4v) is 4.30. The van der Waals surface area contributed by atoms with E-state index in [1.54, 1.807) is 25.3 Å². The molecular formula is C29H23F4N7O2. The van der Waals surface area contributed by atoms with Gasteiger partial charge < -0.3 is 10.4 Å². The van der Waals surface area contributed by atoms with Crippen LogP contribution in [-0.4, -0.2) is 42.0 Å². The maximum Gasteiger partial charge on any atom is 0.433 e. The lowest BCUT2D eigenvalue weighted by molar-refractivity contribution is -0.141. The second-order valence-electron chi connectivity index (χ2n) is 9.69. The van der Waals surface area contributed by atoms with Crippen molar-refractivity contribution in [1.29, 1.82) is 0 Å². The number of phenolic OH excluding ortho intramolecular Hbond substituents is 1. The monoisotopic (exact) mass is 577 g/mol. The maximum atomic E-state index is 13.7. The molecule has 13 heteroatoms. The highest BCUT2D eigenvalue weighted by atomic mass is 19.4. The molecule has 3 aromatic heterocycles. The van der Waals surface area contributed by atoms with Gasteiger partial charge in [0.2, 0.25) is 17.8 Å². The van der Waals surface area contributed by atoms with Gasteiger partial charge in [0, 0.05) is 46.7 Å². The van der Waals surface area contributed by atoms with Crippen molar-refractivity contribution in [1.82, 2.24) is 24.9 Å². The van der Waals surface area contributed by atoms with Crippen molar-refractivity contribution < 1.29 is 27.5 Å². The summed E-state index contributed by atoms with van der Waals surface area (Å²) in [5.74, 6) is -1.85. The van der Waals surface area contributed by atoms with E-state index in [2.05, 4.69) is 35.6 Å². The van der Waals surface area contributed by atoms with Gasteiger partial charge in [-0.05, 0) is 68.3 Å². The Balaban J connectivity index is 1.62. The van der Waals surface area contributed by atoms with E-state index in [0.29, 0.717) is 45.2 Å². The zero-order chi connectivity index (χ0) is 30.2. The highest BCUT2D eigenvalue weighted by molar-refractivity contribution is 6.06. The van der Waals surface area contributed by atoms with Gasteiger partial charge in [0.15, 0.2) is 0 Å². The molecule has 42 heavy (non-hydrogen) atoms. The first-order valence-electron chi connectivity index (χ1n) is 12.6. The summed E-state index contributed by atoms with van der Waals surface area (Å²) >= 11 is 0. The minimum absolute atomic E-state index is 0.0316. The third-order valence-electron chi connectivity index (χ3n) is 6.24. The van der Waals surface area contributed by atoms with E-state index < -0.39 is 29.7 Å². The van der Waals surface area contributed by atoms with Gasteiger partial charge in [0.25, 0.3) is 5.91 Å². The molecule has 0 saturated heterocycles. The molecular weight excluding hydrogens is 554 g/mol. The van der Waals surface area contributed by atoms with Crippen LogP contribution >= 0.6 is 0 Å². The molecule has 0 aliphatic carbocycles. The van der Waals surface area contributed by atoms with E-state index in [9.17, 15) is 27.5 Å². The van der Waals surface area contributed by atoms with Crippen molar-refractivity contribution in [3.05, 3.63) is 83.8 Å². The molecule has 3 heterocycles. The van der Waals surface area contributed by atoms with Crippen molar-refractivity contribution in [2.75, 3.05) is 10.6 Å². The zero-order valence-electron chi connectivity index (χ0n) is 22.5. The first kappa shape index (κ1) is 28.3. The third kappa shape index (κ3) is 5.80. The lowest BCUT2D eigenvalue weighted by atomic mass is 9.92. The summed E-state index contributed by atoms with van der Waals surface area (Å²) in [6.45, 7) is 5.61. The van der Waals surface area contributed by atoms with Crippen LogP contribution in [0.25, 0.3) is 33.2 Å². The SMILES string of the molecule is Cc1ccc(C(=O)Nc2nccc(C(F)(F)F)n2)cc1-c1cc2cnc(NC(C)C)nc2c(-c2ccc(F)nc2)c1O. The van der Waals surface area contributed by atoms with Crippen LogP contribution in [0.1, 0.15) is 35.5 Å². The van der Waals surface area contributed by atoms with Gasteiger partial charge in [-0.2, -0.15) is 17.6 Å². The van der Waals surface area contributed by atoms with E-state index in [4.69, 9.17) is 0 Å². The van der Waals surface area contributed by atoms with E-state index in [0.717, 1.165) is 12.3 Å². The molecule has 0 unspecified atom stereocenters. The lowest BCUT2D eigenvalue weighted by Crippen LogP contribution is -2.17. The van der Waals surface area contributed by atoms with Crippen LogP contribution in [-0.2, 0) is 6.18 Å². The fraction of sp³-hybridized carbons (Fsp3) is 0.172. The molecule has 0 radical (unpaired) electrons. The Kier molecular flexibility index (Phi) is 7.42. The smallest absolute Gasteiger partial charge is 0.433 e. The van der Waals surface area contributed by atoms with Gasteiger partial charge in [0.05, 0.1) is 11.1 Å². The largest absolute Gasteiger partial charge is 0.507 e. The summed E-state index contributed by atoms with van der Waals surface area (Å²) in [6.07, 6.45) is -0.959. The molecule has 0 aliphatic rings. The number of aryl methyl sites for hydroxylation is 1. The Morgan fingerprint density at radius 2 is 1.71 bits per heavy atom.